The Labute approximate surface area is 182 Å². The molecule has 0 aromatic heterocycles. The number of thioether (sulfide) groups is 1. The lowest BCUT2D eigenvalue weighted by molar-refractivity contribution is -0.137. The number of likely N-dealkylation sites (tertiary alicyclic amines) is 1. The molecule has 1 aromatic rings. The van der Waals surface area contributed by atoms with Crippen molar-refractivity contribution in [3.05, 3.63) is 35.9 Å². The highest BCUT2D eigenvalue weighted by molar-refractivity contribution is 7.99. The van der Waals surface area contributed by atoms with Gasteiger partial charge in [0.25, 0.3) is 0 Å². The Hall–Kier alpha value is -2.06. The van der Waals surface area contributed by atoms with Crippen molar-refractivity contribution in [1.29, 1.82) is 0 Å². The molecule has 2 aliphatic rings. The molecule has 3 rings (SSSR count). The average Bonchev–Trinajstić information content (AvgIpc) is 3.08. The van der Waals surface area contributed by atoms with Crippen LogP contribution in [-0.4, -0.2) is 89.8 Å². The van der Waals surface area contributed by atoms with Gasteiger partial charge in [-0.25, -0.2) is 0 Å². The van der Waals surface area contributed by atoms with Crippen LogP contribution in [0.2, 0.25) is 0 Å². The van der Waals surface area contributed by atoms with Crippen LogP contribution >= 0.6 is 11.8 Å². The molecule has 0 radical (unpaired) electrons. The number of hydrogen-bond acceptors (Lipinski definition) is 5. The van der Waals surface area contributed by atoms with E-state index in [0.717, 1.165) is 24.9 Å². The van der Waals surface area contributed by atoms with Crippen molar-refractivity contribution in [2.45, 2.75) is 32.0 Å². The third-order valence-corrected chi connectivity index (χ3v) is 6.04. The lowest BCUT2D eigenvalue weighted by Crippen LogP contribution is -2.41. The van der Waals surface area contributed by atoms with Crippen molar-refractivity contribution in [3.8, 4) is 0 Å². The van der Waals surface area contributed by atoms with Crippen LogP contribution in [0.4, 0.5) is 0 Å². The first kappa shape index (κ1) is 22.6. The van der Waals surface area contributed by atoms with Crippen LogP contribution in [-0.2, 0) is 25.7 Å². The summed E-state index contributed by atoms with van der Waals surface area (Å²) in [6, 6.07) is 9.90. The first-order chi connectivity index (χ1) is 14.6. The zero-order valence-electron chi connectivity index (χ0n) is 17.6. The van der Waals surface area contributed by atoms with Gasteiger partial charge in [0.2, 0.25) is 17.7 Å². The first-order valence-corrected chi connectivity index (χ1v) is 11.9. The van der Waals surface area contributed by atoms with Crippen LogP contribution in [0.25, 0.3) is 0 Å². The zero-order chi connectivity index (χ0) is 21.3. The number of carbonyl (C=O) groups excluding carboxylic acids is 3. The molecular weight excluding hydrogens is 402 g/mol. The fourth-order valence-electron chi connectivity index (χ4n) is 3.89. The largest absolute Gasteiger partial charge is 0.370 e. The normalized spacial score (nSPS) is 20.0. The van der Waals surface area contributed by atoms with Crippen LogP contribution < -0.4 is 0 Å². The van der Waals surface area contributed by atoms with E-state index in [1.54, 1.807) is 9.80 Å². The number of nitrogens with zero attached hydrogens (tertiary/aromatic N) is 3. The number of amides is 3. The Kier molecular flexibility index (Phi) is 8.57. The minimum absolute atomic E-state index is 0.0336. The van der Waals surface area contributed by atoms with Gasteiger partial charge in [-0.1, -0.05) is 30.3 Å². The lowest BCUT2D eigenvalue weighted by atomic mass is 10.2. The molecule has 1 atom stereocenters. The SMILES string of the molecule is CSCC(=O)N1CC(=O)N(CCCN2CCCC2=O)C[C@H](OCc2ccccc2)C1. The van der Waals surface area contributed by atoms with E-state index in [-0.39, 0.29) is 30.4 Å². The van der Waals surface area contributed by atoms with Gasteiger partial charge in [0.15, 0.2) is 0 Å². The molecule has 0 unspecified atom stereocenters. The maximum atomic E-state index is 12.8. The van der Waals surface area contributed by atoms with E-state index in [2.05, 4.69) is 0 Å². The highest BCUT2D eigenvalue weighted by Crippen LogP contribution is 2.14. The van der Waals surface area contributed by atoms with E-state index < -0.39 is 0 Å². The van der Waals surface area contributed by atoms with Gasteiger partial charge in [0, 0.05) is 39.1 Å². The van der Waals surface area contributed by atoms with E-state index in [1.165, 1.54) is 11.8 Å². The van der Waals surface area contributed by atoms with Gasteiger partial charge in [-0.2, -0.15) is 11.8 Å². The van der Waals surface area contributed by atoms with Gasteiger partial charge in [-0.3, -0.25) is 14.4 Å². The summed E-state index contributed by atoms with van der Waals surface area (Å²) >= 11 is 1.46. The minimum Gasteiger partial charge on any atom is -0.370 e. The predicted molar refractivity (Wildman–Crippen MR) is 117 cm³/mol. The number of hydrogen-bond donors (Lipinski definition) is 0. The maximum absolute atomic E-state index is 12.8. The average molecular weight is 434 g/mol. The Morgan fingerprint density at radius 2 is 1.87 bits per heavy atom. The Morgan fingerprint density at radius 1 is 1.10 bits per heavy atom. The third-order valence-electron chi connectivity index (χ3n) is 5.50. The van der Waals surface area contributed by atoms with Crippen molar-refractivity contribution >= 4 is 29.5 Å². The first-order valence-electron chi connectivity index (χ1n) is 10.5. The van der Waals surface area contributed by atoms with E-state index in [0.29, 0.717) is 45.0 Å². The minimum atomic E-state index is -0.240. The molecule has 2 heterocycles. The maximum Gasteiger partial charge on any atom is 0.242 e. The molecule has 2 saturated heterocycles. The standard InChI is InChI=1S/C22H31N3O4S/c1-30-17-22(28)25-14-19(29-16-18-7-3-2-4-8-18)13-24(21(27)15-25)12-6-11-23-10-5-9-20(23)26/h2-4,7-8,19H,5-6,9-17H2,1H3/t19-/m0/s1. The van der Waals surface area contributed by atoms with Gasteiger partial charge in [-0.15, -0.1) is 0 Å². The monoisotopic (exact) mass is 433 g/mol. The predicted octanol–water partition coefficient (Wildman–Crippen LogP) is 1.62. The summed E-state index contributed by atoms with van der Waals surface area (Å²) in [5.74, 6) is 0.474. The molecule has 30 heavy (non-hydrogen) atoms. The molecule has 1 aromatic carbocycles. The summed E-state index contributed by atoms with van der Waals surface area (Å²) in [5, 5.41) is 0. The number of carbonyl (C=O) groups is 3. The number of ether oxygens (including phenoxy) is 1. The molecule has 0 aliphatic carbocycles. The number of benzene rings is 1. The summed E-state index contributed by atoms with van der Waals surface area (Å²) in [4.78, 5) is 42.4. The van der Waals surface area contributed by atoms with Gasteiger partial charge < -0.3 is 19.4 Å². The molecule has 0 bridgehead atoms. The Bertz CT molecular complexity index is 730. The van der Waals surface area contributed by atoms with E-state index in [1.807, 2.05) is 41.5 Å². The van der Waals surface area contributed by atoms with Gasteiger partial charge in [0.1, 0.15) is 0 Å². The summed E-state index contributed by atoms with van der Waals surface area (Å²) in [5.41, 5.74) is 1.06. The van der Waals surface area contributed by atoms with E-state index >= 15 is 0 Å². The van der Waals surface area contributed by atoms with Gasteiger partial charge in [0.05, 0.1) is 25.0 Å². The summed E-state index contributed by atoms with van der Waals surface area (Å²) in [6.45, 7) is 3.47. The van der Waals surface area contributed by atoms with Crippen molar-refractivity contribution in [2.75, 3.05) is 51.3 Å². The zero-order valence-corrected chi connectivity index (χ0v) is 18.4. The second-order valence-electron chi connectivity index (χ2n) is 7.80. The lowest BCUT2D eigenvalue weighted by Gasteiger charge is -2.25. The third kappa shape index (κ3) is 6.47. The fraction of sp³-hybridized carbons (Fsp3) is 0.591. The quantitative estimate of drug-likeness (QED) is 0.592. The van der Waals surface area contributed by atoms with Crippen molar-refractivity contribution < 1.29 is 19.1 Å². The molecule has 164 valence electrons. The summed E-state index contributed by atoms with van der Waals surface area (Å²) in [7, 11) is 0. The molecule has 8 heteroatoms. The van der Waals surface area contributed by atoms with Crippen LogP contribution in [0, 0.1) is 0 Å². The molecule has 0 N–H and O–H groups in total. The highest BCUT2D eigenvalue weighted by atomic mass is 32.2. The van der Waals surface area contributed by atoms with Crippen molar-refractivity contribution in [3.63, 3.8) is 0 Å². The number of rotatable bonds is 9. The van der Waals surface area contributed by atoms with Crippen LogP contribution in [0.3, 0.4) is 0 Å². The van der Waals surface area contributed by atoms with Crippen LogP contribution in [0.1, 0.15) is 24.8 Å². The molecule has 0 spiro atoms. The second kappa shape index (κ2) is 11.4. The van der Waals surface area contributed by atoms with Gasteiger partial charge >= 0.3 is 0 Å². The topological polar surface area (TPSA) is 70.2 Å². The second-order valence-corrected chi connectivity index (χ2v) is 8.67. The Balaban J connectivity index is 1.60. The summed E-state index contributed by atoms with van der Waals surface area (Å²) in [6.07, 6.45) is 3.93. The van der Waals surface area contributed by atoms with Crippen molar-refractivity contribution in [1.82, 2.24) is 14.7 Å². The molecular formula is C22H31N3O4S. The molecule has 2 fully saturated rings. The Morgan fingerprint density at radius 3 is 2.57 bits per heavy atom. The van der Waals surface area contributed by atoms with Crippen LogP contribution in [0.5, 0.6) is 0 Å². The molecule has 2 aliphatic heterocycles. The van der Waals surface area contributed by atoms with E-state index in [9.17, 15) is 14.4 Å². The molecule has 0 saturated carbocycles. The molecule has 3 amide bonds. The fourth-order valence-corrected chi connectivity index (χ4v) is 4.32. The smallest absolute Gasteiger partial charge is 0.242 e. The summed E-state index contributed by atoms with van der Waals surface area (Å²) < 4.78 is 6.12. The van der Waals surface area contributed by atoms with Crippen molar-refractivity contribution in [2.24, 2.45) is 0 Å². The van der Waals surface area contributed by atoms with Crippen LogP contribution in [0.15, 0.2) is 30.3 Å². The van der Waals surface area contributed by atoms with E-state index in [4.69, 9.17) is 4.74 Å². The highest BCUT2D eigenvalue weighted by Gasteiger charge is 2.30. The van der Waals surface area contributed by atoms with Gasteiger partial charge in [-0.05, 0) is 24.7 Å². The molecule has 7 nitrogen and oxygen atoms in total.